The van der Waals surface area contributed by atoms with Crippen LogP contribution in [0.2, 0.25) is 0 Å². The molecule has 0 spiro atoms. The van der Waals surface area contributed by atoms with E-state index in [-0.39, 0.29) is 24.0 Å². The minimum atomic E-state index is -0.851. The number of carbonyl (C=O) groups is 3. The largest absolute Gasteiger partial charge is 0.481 e. The van der Waals surface area contributed by atoms with Gasteiger partial charge in [0.25, 0.3) is 0 Å². The number of carboxylic acid groups (broad SMARTS) is 1. The van der Waals surface area contributed by atoms with Crippen LogP contribution in [0.1, 0.15) is 26.2 Å². The summed E-state index contributed by atoms with van der Waals surface area (Å²) in [5.41, 5.74) is 0. The molecule has 0 bridgehead atoms. The zero-order chi connectivity index (χ0) is 14.9. The van der Waals surface area contributed by atoms with Gasteiger partial charge in [-0.3, -0.25) is 9.59 Å². The molecule has 2 rings (SSSR count). The molecule has 0 saturated carbocycles. The second kappa shape index (κ2) is 5.68. The fourth-order valence-electron chi connectivity index (χ4n) is 2.94. The highest BCUT2D eigenvalue weighted by molar-refractivity contribution is 5.79. The minimum absolute atomic E-state index is 0.0544. The van der Waals surface area contributed by atoms with Gasteiger partial charge < -0.3 is 20.2 Å². The van der Waals surface area contributed by atoms with Gasteiger partial charge >= 0.3 is 12.0 Å². The molecule has 0 aromatic heterocycles. The summed E-state index contributed by atoms with van der Waals surface area (Å²) in [5, 5.41) is 12.0. The van der Waals surface area contributed by atoms with Crippen LogP contribution >= 0.6 is 0 Å². The maximum Gasteiger partial charge on any atom is 0.317 e. The molecular formula is C13H21N3O4. The molecule has 2 aliphatic heterocycles. The number of amides is 3. The number of hydrogen-bond acceptors (Lipinski definition) is 3. The standard InChI is InChI=1S/C13H21N3O4/c1-8-10(12(18)19)5-6-16(8)13(20)14-9-3-4-11(17)15(2)7-9/h8-10H,3-7H2,1-2H3,(H,14,20)(H,18,19). The van der Waals surface area contributed by atoms with Crippen LogP contribution in [0.25, 0.3) is 0 Å². The van der Waals surface area contributed by atoms with Crippen molar-refractivity contribution in [3.05, 3.63) is 0 Å². The van der Waals surface area contributed by atoms with Crippen molar-refractivity contribution in [2.75, 3.05) is 20.1 Å². The van der Waals surface area contributed by atoms with Crippen LogP contribution in [-0.4, -0.2) is 65.0 Å². The third-order valence-electron chi connectivity index (χ3n) is 4.29. The molecule has 0 aromatic rings. The molecular weight excluding hydrogens is 262 g/mol. The first-order valence-corrected chi connectivity index (χ1v) is 6.94. The Bertz CT molecular complexity index is 426. The van der Waals surface area contributed by atoms with Gasteiger partial charge in [-0.25, -0.2) is 4.79 Å². The average Bonchev–Trinajstić information content (AvgIpc) is 2.76. The Morgan fingerprint density at radius 1 is 1.35 bits per heavy atom. The molecule has 0 aromatic carbocycles. The normalized spacial score (nSPS) is 30.5. The number of likely N-dealkylation sites (N-methyl/N-ethyl adjacent to an activating group) is 1. The SMILES string of the molecule is CC1C(C(=O)O)CCN1C(=O)NC1CCC(=O)N(C)C1. The predicted molar refractivity (Wildman–Crippen MR) is 71.1 cm³/mol. The minimum Gasteiger partial charge on any atom is -0.481 e. The van der Waals surface area contributed by atoms with E-state index in [1.165, 1.54) is 0 Å². The van der Waals surface area contributed by atoms with Gasteiger partial charge in [0.2, 0.25) is 5.91 Å². The quantitative estimate of drug-likeness (QED) is 0.752. The second-order valence-electron chi connectivity index (χ2n) is 5.63. The molecule has 2 aliphatic rings. The van der Waals surface area contributed by atoms with E-state index in [2.05, 4.69) is 5.32 Å². The summed E-state index contributed by atoms with van der Waals surface area (Å²) in [5.74, 6) is -1.25. The van der Waals surface area contributed by atoms with Crippen molar-refractivity contribution in [3.8, 4) is 0 Å². The molecule has 0 aliphatic carbocycles. The number of urea groups is 1. The van der Waals surface area contributed by atoms with Gasteiger partial charge in [0.1, 0.15) is 0 Å². The van der Waals surface area contributed by atoms with Crippen molar-refractivity contribution in [1.29, 1.82) is 0 Å². The summed E-state index contributed by atoms with van der Waals surface area (Å²) >= 11 is 0. The summed E-state index contributed by atoms with van der Waals surface area (Å²) in [4.78, 5) is 37.8. The second-order valence-corrected chi connectivity index (χ2v) is 5.63. The van der Waals surface area contributed by atoms with Crippen LogP contribution in [0.5, 0.6) is 0 Å². The van der Waals surface area contributed by atoms with Crippen molar-refractivity contribution in [1.82, 2.24) is 15.1 Å². The van der Waals surface area contributed by atoms with Crippen molar-refractivity contribution in [2.45, 2.75) is 38.3 Å². The zero-order valence-electron chi connectivity index (χ0n) is 11.8. The first kappa shape index (κ1) is 14.6. The number of rotatable bonds is 2. The lowest BCUT2D eigenvalue weighted by atomic mass is 10.0. The zero-order valence-corrected chi connectivity index (χ0v) is 11.8. The molecule has 2 heterocycles. The third kappa shape index (κ3) is 2.86. The average molecular weight is 283 g/mol. The number of nitrogens with zero attached hydrogens (tertiary/aromatic N) is 2. The van der Waals surface area contributed by atoms with Gasteiger partial charge in [-0.05, 0) is 19.8 Å². The van der Waals surface area contributed by atoms with E-state index in [0.717, 1.165) is 0 Å². The molecule has 3 unspecified atom stereocenters. The lowest BCUT2D eigenvalue weighted by Crippen LogP contribution is -2.53. The van der Waals surface area contributed by atoms with Crippen molar-refractivity contribution >= 4 is 17.9 Å². The number of carbonyl (C=O) groups excluding carboxylic acids is 2. The Morgan fingerprint density at radius 3 is 2.60 bits per heavy atom. The fourth-order valence-corrected chi connectivity index (χ4v) is 2.94. The first-order chi connectivity index (χ1) is 9.40. The van der Waals surface area contributed by atoms with Crippen molar-refractivity contribution < 1.29 is 19.5 Å². The molecule has 2 N–H and O–H groups in total. The fraction of sp³-hybridized carbons (Fsp3) is 0.769. The molecule has 7 nitrogen and oxygen atoms in total. The topological polar surface area (TPSA) is 90.0 Å². The van der Waals surface area contributed by atoms with E-state index in [9.17, 15) is 14.4 Å². The van der Waals surface area contributed by atoms with Gasteiger partial charge in [0, 0.05) is 38.6 Å². The Morgan fingerprint density at radius 2 is 2.05 bits per heavy atom. The lowest BCUT2D eigenvalue weighted by molar-refractivity contribution is -0.142. The maximum atomic E-state index is 12.2. The number of carboxylic acids is 1. The Hall–Kier alpha value is -1.79. The first-order valence-electron chi connectivity index (χ1n) is 6.94. The molecule has 112 valence electrons. The van der Waals surface area contributed by atoms with Crippen molar-refractivity contribution in [2.24, 2.45) is 5.92 Å². The molecule has 7 heteroatoms. The Balaban J connectivity index is 1.89. The molecule has 20 heavy (non-hydrogen) atoms. The molecule has 2 saturated heterocycles. The van der Waals surface area contributed by atoms with E-state index >= 15 is 0 Å². The van der Waals surface area contributed by atoms with Crippen LogP contribution in [0.4, 0.5) is 4.79 Å². The summed E-state index contributed by atoms with van der Waals surface area (Å²) < 4.78 is 0. The van der Waals surface area contributed by atoms with Gasteiger partial charge in [-0.1, -0.05) is 0 Å². The number of nitrogens with one attached hydrogen (secondary N) is 1. The van der Waals surface area contributed by atoms with E-state index in [1.54, 1.807) is 23.8 Å². The van der Waals surface area contributed by atoms with Crippen LogP contribution in [0.15, 0.2) is 0 Å². The highest BCUT2D eigenvalue weighted by Crippen LogP contribution is 2.24. The Labute approximate surface area is 117 Å². The Kier molecular flexibility index (Phi) is 4.15. The van der Waals surface area contributed by atoms with Crippen LogP contribution in [-0.2, 0) is 9.59 Å². The summed E-state index contributed by atoms with van der Waals surface area (Å²) in [6.07, 6.45) is 1.57. The van der Waals surface area contributed by atoms with Gasteiger partial charge in [0.15, 0.2) is 0 Å². The summed E-state index contributed by atoms with van der Waals surface area (Å²) in [7, 11) is 1.72. The van der Waals surface area contributed by atoms with Crippen LogP contribution in [0, 0.1) is 5.92 Å². The van der Waals surface area contributed by atoms with Crippen LogP contribution in [0.3, 0.4) is 0 Å². The molecule has 3 amide bonds. The highest BCUT2D eigenvalue weighted by Gasteiger charge is 2.38. The molecule has 3 atom stereocenters. The van der Waals surface area contributed by atoms with E-state index in [4.69, 9.17) is 5.11 Å². The highest BCUT2D eigenvalue weighted by atomic mass is 16.4. The molecule has 2 fully saturated rings. The predicted octanol–water partition coefficient (Wildman–Crippen LogP) is 0.112. The van der Waals surface area contributed by atoms with Gasteiger partial charge in [-0.15, -0.1) is 0 Å². The van der Waals surface area contributed by atoms with E-state index in [0.29, 0.717) is 32.4 Å². The maximum absolute atomic E-state index is 12.2. The number of likely N-dealkylation sites (tertiary alicyclic amines) is 2. The van der Waals surface area contributed by atoms with E-state index < -0.39 is 11.9 Å². The van der Waals surface area contributed by atoms with Gasteiger partial charge in [-0.2, -0.15) is 0 Å². The van der Waals surface area contributed by atoms with Crippen LogP contribution < -0.4 is 5.32 Å². The van der Waals surface area contributed by atoms with E-state index in [1.807, 2.05) is 0 Å². The lowest BCUT2D eigenvalue weighted by Gasteiger charge is -2.32. The smallest absolute Gasteiger partial charge is 0.317 e. The number of piperidine rings is 1. The molecule has 0 radical (unpaired) electrons. The number of aliphatic carboxylic acids is 1. The third-order valence-corrected chi connectivity index (χ3v) is 4.29. The van der Waals surface area contributed by atoms with Gasteiger partial charge in [0.05, 0.1) is 5.92 Å². The van der Waals surface area contributed by atoms with Crippen molar-refractivity contribution in [3.63, 3.8) is 0 Å². The summed E-state index contributed by atoms with van der Waals surface area (Å²) in [6, 6.07) is -0.578. The number of hydrogen-bond donors (Lipinski definition) is 2. The summed E-state index contributed by atoms with van der Waals surface area (Å²) in [6.45, 7) is 2.74. The monoisotopic (exact) mass is 283 g/mol.